The van der Waals surface area contributed by atoms with Crippen molar-refractivity contribution < 1.29 is 17.2 Å². The highest BCUT2D eigenvalue weighted by molar-refractivity contribution is 7.80. The van der Waals surface area contributed by atoms with Crippen LogP contribution in [0.15, 0.2) is 0 Å². The van der Waals surface area contributed by atoms with Crippen LogP contribution < -0.4 is 0 Å². The lowest BCUT2D eigenvalue weighted by atomic mass is 10.0. The Hall–Kier alpha value is -0.170. The molecular formula is C39H83NO4S. The minimum atomic E-state index is -4.16. The fraction of sp³-hybridized carbons (Fsp3) is 1.00. The minimum absolute atomic E-state index is 0.870. The highest BCUT2D eigenvalue weighted by atomic mass is 32.3. The fourth-order valence-electron chi connectivity index (χ4n) is 6.20. The number of rotatable bonds is 36. The second kappa shape index (κ2) is 40.0. The maximum Gasteiger partial charge on any atom is 0.397 e. The molecule has 0 bridgehead atoms. The molecule has 0 aromatic rings. The van der Waals surface area contributed by atoms with Crippen LogP contribution in [0.1, 0.15) is 226 Å². The van der Waals surface area contributed by atoms with Crippen LogP contribution in [0.2, 0.25) is 0 Å². The van der Waals surface area contributed by atoms with E-state index in [1.54, 1.807) is 0 Å². The summed E-state index contributed by atoms with van der Waals surface area (Å²) in [6.07, 6.45) is 46.9. The number of nitrogens with zero attached hydrogens (tertiary/aromatic N) is 1. The largest absolute Gasteiger partial charge is 0.397 e. The van der Waals surface area contributed by atoms with Gasteiger partial charge in [0.1, 0.15) is 0 Å². The molecule has 0 aromatic carbocycles. The first-order valence-corrected chi connectivity index (χ1v) is 21.5. The van der Waals surface area contributed by atoms with Gasteiger partial charge in [-0.25, -0.2) is 0 Å². The zero-order valence-electron chi connectivity index (χ0n) is 31.3. The third-order valence-corrected chi connectivity index (χ3v) is 9.73. The van der Waals surface area contributed by atoms with Crippen LogP contribution in [0.25, 0.3) is 0 Å². The molecule has 5 nitrogen and oxygen atoms in total. The molecule has 274 valence electrons. The van der Waals surface area contributed by atoms with Crippen LogP contribution in [0.5, 0.6) is 0 Å². The third kappa shape index (κ3) is 46.0. The summed E-state index contributed by atoms with van der Waals surface area (Å²) < 4.78 is 29.7. The van der Waals surface area contributed by atoms with E-state index in [4.69, 9.17) is 4.55 Å². The van der Waals surface area contributed by atoms with Crippen LogP contribution in [0, 0.1) is 0 Å². The molecule has 0 amide bonds. The predicted molar refractivity (Wildman–Crippen MR) is 200 cm³/mol. The number of hydrogen-bond acceptors (Lipinski definition) is 4. The van der Waals surface area contributed by atoms with Gasteiger partial charge >= 0.3 is 10.4 Å². The maximum atomic E-state index is 9.33. The van der Waals surface area contributed by atoms with Gasteiger partial charge in [0.05, 0.1) is 7.11 Å². The van der Waals surface area contributed by atoms with Crippen molar-refractivity contribution in [2.75, 3.05) is 26.7 Å². The van der Waals surface area contributed by atoms with Crippen molar-refractivity contribution in [3.05, 3.63) is 0 Å². The summed E-state index contributed by atoms with van der Waals surface area (Å²) in [7, 11) is -3.29. The molecule has 0 aliphatic carbocycles. The zero-order valence-corrected chi connectivity index (χ0v) is 32.1. The molecule has 0 saturated carbocycles. The summed E-state index contributed by atoms with van der Waals surface area (Å²) in [5, 5.41) is 0. The number of hydrogen-bond donors (Lipinski definition) is 1. The van der Waals surface area contributed by atoms with E-state index in [1.807, 2.05) is 0 Å². The molecule has 0 heterocycles. The summed E-state index contributed by atoms with van der Waals surface area (Å²) in [5.41, 5.74) is 0. The normalized spacial score (nSPS) is 11.7. The van der Waals surface area contributed by atoms with E-state index >= 15 is 0 Å². The van der Waals surface area contributed by atoms with Crippen LogP contribution in [-0.2, 0) is 14.6 Å². The highest BCUT2D eigenvalue weighted by Crippen LogP contribution is 2.15. The molecule has 0 rings (SSSR count). The van der Waals surface area contributed by atoms with Gasteiger partial charge in [-0.2, -0.15) is 8.42 Å². The predicted octanol–water partition coefficient (Wildman–Crippen LogP) is 13.3. The molecule has 6 heteroatoms. The van der Waals surface area contributed by atoms with Gasteiger partial charge in [-0.05, 0) is 32.5 Å². The molecule has 0 aliphatic rings. The molecule has 0 saturated heterocycles. The average molecular weight is 662 g/mol. The van der Waals surface area contributed by atoms with Crippen LogP contribution in [-0.4, -0.2) is 44.6 Å². The van der Waals surface area contributed by atoms with E-state index in [0.29, 0.717) is 0 Å². The SMILES string of the molecule is CCCCCCCCCCCCCCCCCCN(CC)CCCCCCCCCCCCCCCCCC.COS(=O)(=O)O. The Balaban J connectivity index is 0. The van der Waals surface area contributed by atoms with Crippen LogP contribution >= 0.6 is 0 Å². The first-order chi connectivity index (χ1) is 21.9. The van der Waals surface area contributed by atoms with Gasteiger partial charge in [0.15, 0.2) is 0 Å². The lowest BCUT2D eigenvalue weighted by Crippen LogP contribution is -2.25. The lowest BCUT2D eigenvalue weighted by molar-refractivity contribution is 0.273. The Bertz CT molecular complexity index is 593. The Labute approximate surface area is 284 Å². The van der Waals surface area contributed by atoms with E-state index in [9.17, 15) is 8.42 Å². The quantitative estimate of drug-likeness (QED) is 0.0534. The minimum Gasteiger partial charge on any atom is -0.304 e. The van der Waals surface area contributed by atoms with Gasteiger partial charge in [0, 0.05) is 0 Å². The first kappa shape index (κ1) is 46.9. The molecular weight excluding hydrogens is 578 g/mol. The Morgan fingerprint density at radius 1 is 0.400 bits per heavy atom. The molecule has 0 atom stereocenters. The maximum absolute atomic E-state index is 9.33. The van der Waals surface area contributed by atoms with E-state index in [2.05, 4.69) is 29.9 Å². The van der Waals surface area contributed by atoms with Crippen LogP contribution in [0.3, 0.4) is 0 Å². The fourth-order valence-corrected chi connectivity index (χ4v) is 6.20. The van der Waals surface area contributed by atoms with E-state index < -0.39 is 10.4 Å². The van der Waals surface area contributed by atoms with Gasteiger partial charge < -0.3 is 4.90 Å². The van der Waals surface area contributed by atoms with E-state index in [1.165, 1.54) is 225 Å². The van der Waals surface area contributed by atoms with Gasteiger partial charge in [-0.15, -0.1) is 0 Å². The second-order valence-corrected chi connectivity index (χ2v) is 14.8. The summed E-state index contributed by atoms with van der Waals surface area (Å²) in [4.78, 5) is 2.72. The van der Waals surface area contributed by atoms with Crippen molar-refractivity contribution in [3.8, 4) is 0 Å². The molecule has 1 N–H and O–H groups in total. The topological polar surface area (TPSA) is 66.8 Å². The number of unbranched alkanes of at least 4 members (excludes halogenated alkanes) is 30. The second-order valence-electron chi connectivity index (χ2n) is 13.6. The van der Waals surface area contributed by atoms with Crippen molar-refractivity contribution >= 4 is 10.4 Å². The summed E-state index contributed by atoms with van der Waals surface area (Å²) in [6, 6.07) is 0. The van der Waals surface area contributed by atoms with E-state index in [0.717, 1.165) is 7.11 Å². The zero-order chi connectivity index (χ0) is 33.5. The van der Waals surface area contributed by atoms with Crippen LogP contribution in [0.4, 0.5) is 0 Å². The Kier molecular flexibility index (Phi) is 41.7. The third-order valence-electron chi connectivity index (χ3n) is 9.31. The standard InChI is InChI=1S/C38H79N.CH4O4S/c1-4-7-9-11-13-15-17-19-21-23-25-27-29-31-33-35-37-39(6-3)38-36-34-32-30-28-26-24-22-20-18-16-14-12-10-8-5-2;1-5-6(2,3)4/h4-38H2,1-3H3;1H3,(H,2,3,4). The molecule has 45 heavy (non-hydrogen) atoms. The smallest absolute Gasteiger partial charge is 0.304 e. The van der Waals surface area contributed by atoms with Gasteiger partial charge in [0.2, 0.25) is 0 Å². The molecule has 0 unspecified atom stereocenters. The Morgan fingerprint density at radius 2 is 0.578 bits per heavy atom. The summed E-state index contributed by atoms with van der Waals surface area (Å²) in [5.74, 6) is 0. The van der Waals surface area contributed by atoms with Crippen molar-refractivity contribution in [2.24, 2.45) is 0 Å². The molecule has 0 spiro atoms. The highest BCUT2D eigenvalue weighted by Gasteiger charge is 2.02. The van der Waals surface area contributed by atoms with Crippen molar-refractivity contribution in [1.82, 2.24) is 4.90 Å². The average Bonchev–Trinajstić information content (AvgIpc) is 3.03. The first-order valence-electron chi connectivity index (χ1n) is 20.2. The van der Waals surface area contributed by atoms with Gasteiger partial charge in [-0.3, -0.25) is 8.74 Å². The monoisotopic (exact) mass is 662 g/mol. The lowest BCUT2D eigenvalue weighted by Gasteiger charge is -2.20. The summed E-state index contributed by atoms with van der Waals surface area (Å²) >= 11 is 0. The molecule has 0 aromatic heterocycles. The van der Waals surface area contributed by atoms with Crippen molar-refractivity contribution in [1.29, 1.82) is 0 Å². The molecule has 0 aliphatic heterocycles. The van der Waals surface area contributed by atoms with Crippen molar-refractivity contribution in [2.45, 2.75) is 226 Å². The van der Waals surface area contributed by atoms with E-state index in [-0.39, 0.29) is 0 Å². The Morgan fingerprint density at radius 3 is 0.733 bits per heavy atom. The molecule has 0 radical (unpaired) electrons. The van der Waals surface area contributed by atoms with Crippen molar-refractivity contribution in [3.63, 3.8) is 0 Å². The summed E-state index contributed by atoms with van der Waals surface area (Å²) in [6.45, 7) is 10.9. The molecule has 0 fully saturated rings. The van der Waals surface area contributed by atoms with Gasteiger partial charge in [0.25, 0.3) is 0 Å². The van der Waals surface area contributed by atoms with Gasteiger partial charge in [-0.1, -0.05) is 213 Å².